The highest BCUT2D eigenvalue weighted by Crippen LogP contribution is 2.27. The Kier molecular flexibility index (Phi) is 5.44. The van der Waals surface area contributed by atoms with E-state index in [1.807, 2.05) is 6.07 Å². The van der Waals surface area contributed by atoms with Crippen molar-refractivity contribution >= 4 is 28.8 Å². The van der Waals surface area contributed by atoms with E-state index in [0.29, 0.717) is 12.1 Å². The van der Waals surface area contributed by atoms with E-state index in [4.69, 9.17) is 0 Å². The predicted molar refractivity (Wildman–Crippen MR) is 97.4 cm³/mol. The van der Waals surface area contributed by atoms with E-state index in [1.165, 1.54) is 4.90 Å². The maximum absolute atomic E-state index is 12.5. The number of amides is 3. The van der Waals surface area contributed by atoms with E-state index in [9.17, 15) is 14.4 Å². The van der Waals surface area contributed by atoms with Gasteiger partial charge in [-0.1, -0.05) is 30.8 Å². The summed E-state index contributed by atoms with van der Waals surface area (Å²) in [6.07, 6.45) is 2.09. The number of hydrogen-bond donors (Lipinski definition) is 2. The highest BCUT2D eigenvalue weighted by Gasteiger charge is 2.30. The lowest BCUT2D eigenvalue weighted by Gasteiger charge is -2.34. The monoisotopic (exact) mass is 361 g/mol. The van der Waals surface area contributed by atoms with Crippen LogP contribution >= 0.6 is 11.8 Å². The third kappa shape index (κ3) is 4.41. The smallest absolute Gasteiger partial charge is 0.289 e. The second-order valence-electron chi connectivity index (χ2n) is 6.98. The third-order valence-corrected chi connectivity index (χ3v) is 5.72. The predicted octanol–water partition coefficient (Wildman–Crippen LogP) is 2.00. The first-order chi connectivity index (χ1) is 12.0. The molecular formula is C18H23N3O3S. The number of imide groups is 1. The summed E-state index contributed by atoms with van der Waals surface area (Å²) in [5, 5.41) is 6.14. The topological polar surface area (TPSA) is 78.5 Å². The molecule has 0 spiro atoms. The molecule has 25 heavy (non-hydrogen) atoms. The van der Waals surface area contributed by atoms with Crippen LogP contribution in [0.25, 0.3) is 0 Å². The summed E-state index contributed by atoms with van der Waals surface area (Å²) in [6.45, 7) is 5.04. The summed E-state index contributed by atoms with van der Waals surface area (Å²) >= 11 is 1.02. The second-order valence-corrected chi connectivity index (χ2v) is 7.90. The molecule has 0 unspecified atom stereocenters. The first-order valence-corrected chi connectivity index (χ1v) is 9.50. The first-order valence-electron chi connectivity index (χ1n) is 8.52. The van der Waals surface area contributed by atoms with Gasteiger partial charge in [0.15, 0.2) is 0 Å². The molecule has 0 aromatic heterocycles. The lowest BCUT2D eigenvalue weighted by molar-refractivity contribution is -0.125. The number of carbonyl (C=O) groups is 3. The highest BCUT2D eigenvalue weighted by atomic mass is 32.2. The van der Waals surface area contributed by atoms with Gasteiger partial charge in [-0.3, -0.25) is 19.3 Å². The van der Waals surface area contributed by atoms with Crippen LogP contribution in [0.2, 0.25) is 0 Å². The summed E-state index contributed by atoms with van der Waals surface area (Å²) in [7, 11) is 0. The Morgan fingerprint density at radius 1 is 1.32 bits per heavy atom. The van der Waals surface area contributed by atoms with Gasteiger partial charge in [0.05, 0.1) is 12.3 Å². The van der Waals surface area contributed by atoms with Crippen LogP contribution < -0.4 is 10.6 Å². The summed E-state index contributed by atoms with van der Waals surface area (Å²) in [6, 6.07) is 7.12. The summed E-state index contributed by atoms with van der Waals surface area (Å²) in [5.74, 6) is -0.0920. The minimum atomic E-state index is -0.223. The normalized spacial score (nSPS) is 20.0. The van der Waals surface area contributed by atoms with Gasteiger partial charge in [0.1, 0.15) is 0 Å². The quantitative estimate of drug-likeness (QED) is 0.839. The summed E-state index contributed by atoms with van der Waals surface area (Å²) < 4.78 is 0. The zero-order valence-electron chi connectivity index (χ0n) is 14.3. The van der Waals surface area contributed by atoms with Crippen molar-refractivity contribution in [1.82, 2.24) is 15.5 Å². The molecule has 3 rings (SSSR count). The number of hydrogen-bond acceptors (Lipinski definition) is 5. The van der Waals surface area contributed by atoms with E-state index in [0.717, 1.165) is 43.3 Å². The van der Waals surface area contributed by atoms with Gasteiger partial charge in [-0.2, -0.15) is 0 Å². The van der Waals surface area contributed by atoms with Gasteiger partial charge in [0.2, 0.25) is 5.91 Å². The van der Waals surface area contributed by atoms with Gasteiger partial charge >= 0.3 is 0 Å². The number of rotatable bonds is 5. The van der Waals surface area contributed by atoms with Crippen molar-refractivity contribution in [3.63, 3.8) is 0 Å². The Hall–Kier alpha value is -1.86. The molecule has 134 valence electrons. The Morgan fingerprint density at radius 2 is 2.08 bits per heavy atom. The average molecular weight is 361 g/mol. The van der Waals surface area contributed by atoms with Crippen molar-refractivity contribution in [3.05, 3.63) is 35.4 Å². The second kappa shape index (κ2) is 7.58. The number of thioether (sulfide) groups is 1. The number of benzene rings is 1. The maximum atomic E-state index is 12.5. The minimum absolute atomic E-state index is 0.116. The Bertz CT molecular complexity index is 670. The molecule has 1 aromatic carbocycles. The average Bonchev–Trinajstić information content (AvgIpc) is 2.93. The van der Waals surface area contributed by atoms with E-state index in [2.05, 4.69) is 17.6 Å². The number of carbonyl (C=O) groups excluding carboxylic acids is 3. The van der Waals surface area contributed by atoms with Crippen LogP contribution in [-0.2, 0) is 11.3 Å². The zero-order chi connectivity index (χ0) is 17.9. The molecule has 0 bridgehead atoms. The van der Waals surface area contributed by atoms with Gasteiger partial charge in [0.25, 0.3) is 11.1 Å². The van der Waals surface area contributed by atoms with E-state index >= 15 is 0 Å². The lowest BCUT2D eigenvalue weighted by atomic mass is 9.81. The highest BCUT2D eigenvalue weighted by molar-refractivity contribution is 8.14. The van der Waals surface area contributed by atoms with Crippen molar-refractivity contribution in [2.75, 3.05) is 25.4 Å². The van der Waals surface area contributed by atoms with Crippen molar-refractivity contribution in [2.45, 2.75) is 26.3 Å². The molecule has 2 N–H and O–H groups in total. The van der Waals surface area contributed by atoms with Crippen LogP contribution in [-0.4, -0.2) is 47.3 Å². The number of nitrogens with one attached hydrogen (secondary N) is 2. The molecule has 6 nitrogen and oxygen atoms in total. The van der Waals surface area contributed by atoms with Crippen molar-refractivity contribution in [2.24, 2.45) is 5.41 Å². The van der Waals surface area contributed by atoms with Crippen LogP contribution in [0.4, 0.5) is 4.79 Å². The van der Waals surface area contributed by atoms with E-state index in [1.54, 1.807) is 18.2 Å². The van der Waals surface area contributed by atoms with Crippen LogP contribution in [0.3, 0.4) is 0 Å². The fraction of sp³-hybridized carbons (Fsp3) is 0.500. The van der Waals surface area contributed by atoms with Gasteiger partial charge in [-0.15, -0.1) is 0 Å². The molecule has 0 atom stereocenters. The molecule has 2 aliphatic heterocycles. The van der Waals surface area contributed by atoms with Crippen molar-refractivity contribution in [3.8, 4) is 0 Å². The Morgan fingerprint density at radius 3 is 2.76 bits per heavy atom. The Labute approximate surface area is 151 Å². The standard InChI is InChI=1S/C18H23N3O3S/c1-18(5-7-19-8-6-18)12-20-16(23)14-4-2-3-13(9-14)10-21-15(22)11-25-17(21)24/h2-4,9,19H,5-8,10-12H2,1H3,(H,20,23). The van der Waals surface area contributed by atoms with Crippen LogP contribution in [0.5, 0.6) is 0 Å². The minimum Gasteiger partial charge on any atom is -0.351 e. The van der Waals surface area contributed by atoms with Crippen LogP contribution in [0, 0.1) is 5.41 Å². The molecule has 0 aliphatic carbocycles. The van der Waals surface area contributed by atoms with Crippen LogP contribution in [0.1, 0.15) is 35.7 Å². The molecule has 0 saturated carbocycles. The molecule has 7 heteroatoms. The number of piperidine rings is 1. The van der Waals surface area contributed by atoms with Gasteiger partial charge in [-0.25, -0.2) is 0 Å². The summed E-state index contributed by atoms with van der Waals surface area (Å²) in [4.78, 5) is 37.1. The van der Waals surface area contributed by atoms with Crippen LogP contribution in [0.15, 0.2) is 24.3 Å². The van der Waals surface area contributed by atoms with Gasteiger partial charge in [0, 0.05) is 12.1 Å². The molecule has 1 aromatic rings. The molecular weight excluding hydrogens is 338 g/mol. The fourth-order valence-electron chi connectivity index (χ4n) is 3.13. The Balaban J connectivity index is 1.61. The zero-order valence-corrected chi connectivity index (χ0v) is 15.2. The number of nitrogens with zero attached hydrogens (tertiary/aromatic N) is 1. The SMILES string of the molecule is CC1(CNC(=O)c2cccc(CN3C(=O)CSC3=O)c2)CCNCC1. The van der Waals surface area contributed by atoms with Gasteiger partial charge < -0.3 is 10.6 Å². The van der Waals surface area contributed by atoms with E-state index < -0.39 is 0 Å². The van der Waals surface area contributed by atoms with E-state index in [-0.39, 0.29) is 34.8 Å². The molecule has 2 aliphatic rings. The van der Waals surface area contributed by atoms with Gasteiger partial charge in [-0.05, 0) is 49.0 Å². The molecule has 2 heterocycles. The molecule has 3 amide bonds. The molecule has 2 fully saturated rings. The maximum Gasteiger partial charge on any atom is 0.289 e. The summed E-state index contributed by atoms with van der Waals surface area (Å²) in [5.41, 5.74) is 1.47. The lowest BCUT2D eigenvalue weighted by Crippen LogP contribution is -2.42. The van der Waals surface area contributed by atoms with Crippen molar-refractivity contribution < 1.29 is 14.4 Å². The first kappa shape index (κ1) is 17.9. The third-order valence-electron chi connectivity index (χ3n) is 4.86. The fourth-order valence-corrected chi connectivity index (χ4v) is 3.86. The molecule has 0 radical (unpaired) electrons. The molecule has 2 saturated heterocycles. The van der Waals surface area contributed by atoms with Crippen molar-refractivity contribution in [1.29, 1.82) is 0 Å². The largest absolute Gasteiger partial charge is 0.351 e.